The molecule has 25 heavy (non-hydrogen) atoms. The smallest absolute Gasteiger partial charge is 0.227 e. The highest BCUT2D eigenvalue weighted by molar-refractivity contribution is 5.94. The topological polar surface area (TPSA) is 77.2 Å². The SMILES string of the molecule is COCC(C)NC(=O)CCc1nc(-c2cccc3ccccc23)no1. The zero-order chi connectivity index (χ0) is 17.6. The van der Waals surface area contributed by atoms with E-state index in [1.807, 2.05) is 49.4 Å². The first-order valence-corrected chi connectivity index (χ1v) is 8.26. The fourth-order valence-electron chi connectivity index (χ4n) is 2.75. The number of methoxy groups -OCH3 is 1. The predicted molar refractivity (Wildman–Crippen MR) is 95.0 cm³/mol. The Balaban J connectivity index is 1.67. The molecule has 3 rings (SSSR count). The van der Waals surface area contributed by atoms with Crippen LogP contribution < -0.4 is 5.32 Å². The zero-order valence-corrected chi connectivity index (χ0v) is 14.4. The molecule has 2 aromatic carbocycles. The van der Waals surface area contributed by atoms with Gasteiger partial charge in [-0.25, -0.2) is 0 Å². The van der Waals surface area contributed by atoms with Gasteiger partial charge in [0.1, 0.15) is 0 Å². The quantitative estimate of drug-likeness (QED) is 0.716. The van der Waals surface area contributed by atoms with Crippen LogP contribution in [-0.4, -0.2) is 35.8 Å². The summed E-state index contributed by atoms with van der Waals surface area (Å²) >= 11 is 0. The number of carbonyl (C=O) groups is 1. The maximum absolute atomic E-state index is 11.9. The van der Waals surface area contributed by atoms with Gasteiger partial charge in [-0.3, -0.25) is 4.79 Å². The van der Waals surface area contributed by atoms with Crippen molar-refractivity contribution in [1.82, 2.24) is 15.5 Å². The number of nitrogens with one attached hydrogen (secondary N) is 1. The third-order valence-corrected chi connectivity index (χ3v) is 3.89. The van der Waals surface area contributed by atoms with Crippen molar-refractivity contribution in [3.63, 3.8) is 0 Å². The van der Waals surface area contributed by atoms with E-state index in [-0.39, 0.29) is 11.9 Å². The van der Waals surface area contributed by atoms with E-state index in [2.05, 4.69) is 15.5 Å². The molecule has 1 unspecified atom stereocenters. The number of rotatable bonds is 7. The van der Waals surface area contributed by atoms with Gasteiger partial charge in [0.15, 0.2) is 0 Å². The van der Waals surface area contributed by atoms with Crippen molar-refractivity contribution in [3.05, 3.63) is 48.4 Å². The molecule has 0 aliphatic heterocycles. The number of carbonyl (C=O) groups excluding carboxylic acids is 1. The number of aryl methyl sites for hydroxylation is 1. The fraction of sp³-hybridized carbons (Fsp3) is 0.316. The minimum absolute atomic E-state index is 0.0218. The number of hydrogen-bond acceptors (Lipinski definition) is 5. The molecule has 0 aliphatic carbocycles. The molecule has 0 radical (unpaired) electrons. The normalized spacial score (nSPS) is 12.2. The molecular formula is C19H21N3O3. The van der Waals surface area contributed by atoms with Crippen molar-refractivity contribution in [2.24, 2.45) is 0 Å². The Morgan fingerprint density at radius 1 is 1.24 bits per heavy atom. The van der Waals surface area contributed by atoms with Gasteiger partial charge >= 0.3 is 0 Å². The van der Waals surface area contributed by atoms with Gasteiger partial charge in [0, 0.05) is 31.6 Å². The summed E-state index contributed by atoms with van der Waals surface area (Å²) in [6.45, 7) is 2.38. The molecule has 0 spiro atoms. The van der Waals surface area contributed by atoms with Crippen LogP contribution >= 0.6 is 0 Å². The lowest BCUT2D eigenvalue weighted by Crippen LogP contribution is -2.35. The minimum Gasteiger partial charge on any atom is -0.383 e. The van der Waals surface area contributed by atoms with Gasteiger partial charge in [-0.2, -0.15) is 4.98 Å². The molecule has 0 saturated heterocycles. The van der Waals surface area contributed by atoms with Gasteiger partial charge in [0.25, 0.3) is 0 Å². The van der Waals surface area contributed by atoms with Crippen LogP contribution in [-0.2, 0) is 16.0 Å². The zero-order valence-electron chi connectivity index (χ0n) is 14.4. The molecule has 6 heteroatoms. The Labute approximate surface area is 146 Å². The molecule has 0 fully saturated rings. The Kier molecular flexibility index (Phi) is 5.40. The highest BCUT2D eigenvalue weighted by Crippen LogP contribution is 2.26. The Hall–Kier alpha value is -2.73. The van der Waals surface area contributed by atoms with Crippen LogP contribution in [0.3, 0.4) is 0 Å². The summed E-state index contributed by atoms with van der Waals surface area (Å²) in [5.74, 6) is 0.937. The van der Waals surface area contributed by atoms with Gasteiger partial charge in [-0.15, -0.1) is 0 Å². The molecule has 0 aliphatic rings. The van der Waals surface area contributed by atoms with Gasteiger partial charge < -0.3 is 14.6 Å². The van der Waals surface area contributed by atoms with Crippen molar-refractivity contribution in [1.29, 1.82) is 0 Å². The second kappa shape index (κ2) is 7.90. The van der Waals surface area contributed by atoms with Crippen molar-refractivity contribution >= 4 is 16.7 Å². The molecule has 6 nitrogen and oxygen atoms in total. The number of hydrogen-bond donors (Lipinski definition) is 1. The monoisotopic (exact) mass is 339 g/mol. The van der Waals surface area contributed by atoms with Crippen LogP contribution in [0, 0.1) is 0 Å². The van der Waals surface area contributed by atoms with E-state index in [9.17, 15) is 4.79 Å². The summed E-state index contributed by atoms with van der Waals surface area (Å²) in [6.07, 6.45) is 0.703. The first-order chi connectivity index (χ1) is 12.2. The number of nitrogens with zero attached hydrogens (tertiary/aromatic N) is 2. The second-order valence-corrected chi connectivity index (χ2v) is 5.96. The molecular weight excluding hydrogens is 318 g/mol. The van der Waals surface area contributed by atoms with Crippen LogP contribution in [0.2, 0.25) is 0 Å². The van der Waals surface area contributed by atoms with E-state index < -0.39 is 0 Å². The Morgan fingerprint density at radius 3 is 2.88 bits per heavy atom. The summed E-state index contributed by atoms with van der Waals surface area (Å²) < 4.78 is 10.3. The molecule has 0 saturated carbocycles. The van der Waals surface area contributed by atoms with E-state index in [1.165, 1.54) is 0 Å². The summed E-state index contributed by atoms with van der Waals surface area (Å²) in [7, 11) is 1.61. The number of amides is 1. The van der Waals surface area contributed by atoms with Crippen LogP contribution in [0.15, 0.2) is 47.0 Å². The van der Waals surface area contributed by atoms with Gasteiger partial charge in [0.05, 0.1) is 6.61 Å². The van der Waals surface area contributed by atoms with Gasteiger partial charge in [-0.1, -0.05) is 47.6 Å². The van der Waals surface area contributed by atoms with Crippen LogP contribution in [0.4, 0.5) is 0 Å². The van der Waals surface area contributed by atoms with E-state index in [1.54, 1.807) is 7.11 Å². The van der Waals surface area contributed by atoms with E-state index in [0.29, 0.717) is 31.2 Å². The molecule has 3 aromatic rings. The van der Waals surface area contributed by atoms with Crippen molar-refractivity contribution in [2.75, 3.05) is 13.7 Å². The summed E-state index contributed by atoms with van der Waals surface area (Å²) in [5, 5.41) is 9.12. The number of benzene rings is 2. The molecule has 0 bridgehead atoms. The molecule has 1 amide bonds. The largest absolute Gasteiger partial charge is 0.383 e. The molecule has 130 valence electrons. The third kappa shape index (κ3) is 4.22. The maximum Gasteiger partial charge on any atom is 0.227 e. The highest BCUT2D eigenvalue weighted by Gasteiger charge is 2.13. The number of ether oxygens (including phenoxy) is 1. The first-order valence-electron chi connectivity index (χ1n) is 8.26. The van der Waals surface area contributed by atoms with Crippen molar-refractivity contribution in [3.8, 4) is 11.4 Å². The van der Waals surface area contributed by atoms with Gasteiger partial charge in [0.2, 0.25) is 17.6 Å². The summed E-state index contributed by atoms with van der Waals surface area (Å²) in [4.78, 5) is 16.3. The standard InChI is InChI=1S/C19H21N3O3/c1-13(12-24-2)20-17(23)10-11-18-21-19(22-25-18)16-9-5-7-14-6-3-4-8-15(14)16/h3-9,13H,10-12H2,1-2H3,(H,20,23). The second-order valence-electron chi connectivity index (χ2n) is 5.96. The molecule has 1 heterocycles. The van der Waals surface area contributed by atoms with Crippen LogP contribution in [0.5, 0.6) is 0 Å². The minimum atomic E-state index is -0.0607. The van der Waals surface area contributed by atoms with E-state index in [4.69, 9.17) is 9.26 Å². The Morgan fingerprint density at radius 2 is 2.04 bits per heavy atom. The lowest BCUT2D eigenvalue weighted by atomic mass is 10.0. The van der Waals surface area contributed by atoms with Crippen molar-refractivity contribution < 1.29 is 14.1 Å². The summed E-state index contributed by atoms with van der Waals surface area (Å²) in [6, 6.07) is 14.0. The van der Waals surface area contributed by atoms with E-state index >= 15 is 0 Å². The number of fused-ring (bicyclic) bond motifs is 1. The lowest BCUT2D eigenvalue weighted by Gasteiger charge is -2.11. The molecule has 1 N–H and O–H groups in total. The van der Waals surface area contributed by atoms with Crippen LogP contribution in [0.1, 0.15) is 19.2 Å². The first kappa shape index (κ1) is 17.1. The Bertz CT molecular complexity index is 855. The van der Waals surface area contributed by atoms with Crippen molar-refractivity contribution in [2.45, 2.75) is 25.8 Å². The summed E-state index contributed by atoms with van der Waals surface area (Å²) in [5.41, 5.74) is 0.922. The predicted octanol–water partition coefficient (Wildman–Crippen LogP) is 2.97. The third-order valence-electron chi connectivity index (χ3n) is 3.89. The van der Waals surface area contributed by atoms with E-state index in [0.717, 1.165) is 16.3 Å². The molecule has 1 aromatic heterocycles. The molecule has 1 atom stereocenters. The number of aromatic nitrogens is 2. The van der Waals surface area contributed by atoms with Gasteiger partial charge in [-0.05, 0) is 17.7 Å². The average molecular weight is 339 g/mol. The average Bonchev–Trinajstić information content (AvgIpc) is 3.08. The maximum atomic E-state index is 11.9. The fourth-order valence-corrected chi connectivity index (χ4v) is 2.75. The lowest BCUT2D eigenvalue weighted by molar-refractivity contribution is -0.122. The van der Waals surface area contributed by atoms with Crippen LogP contribution in [0.25, 0.3) is 22.2 Å². The highest BCUT2D eigenvalue weighted by atomic mass is 16.5.